The number of carbonyl (C=O) groups excluding carboxylic acids is 1. The average Bonchev–Trinajstić information content (AvgIpc) is 2.95. The van der Waals surface area contributed by atoms with Crippen molar-refractivity contribution < 1.29 is 4.79 Å². The van der Waals surface area contributed by atoms with Crippen LogP contribution in [-0.4, -0.2) is 17.4 Å². The van der Waals surface area contributed by atoms with Crippen molar-refractivity contribution in [2.24, 2.45) is 0 Å². The summed E-state index contributed by atoms with van der Waals surface area (Å²) in [5.74, 6) is -0.132. The number of nitrogens with one attached hydrogen (secondary N) is 2. The standard InChI is InChI=1S/C13H13N3OS/c1-8-7-18-13(15-8)16-12(17)10-6-14-11-5-3-2-4-9(10)11/h2-5,7,10,14H,6H2,1H3,(H,15,16,17). The lowest BCUT2D eigenvalue weighted by Crippen LogP contribution is -2.22. The van der Waals surface area contributed by atoms with Gasteiger partial charge in [-0.3, -0.25) is 4.79 Å². The number of benzene rings is 1. The van der Waals surface area contributed by atoms with Gasteiger partial charge in [0.1, 0.15) is 0 Å². The van der Waals surface area contributed by atoms with Crippen molar-refractivity contribution in [2.45, 2.75) is 12.8 Å². The number of para-hydroxylation sites is 1. The predicted octanol–water partition coefficient (Wildman–Crippen LogP) is 2.60. The molecule has 2 N–H and O–H groups in total. The second kappa shape index (κ2) is 4.42. The van der Waals surface area contributed by atoms with Gasteiger partial charge in [-0.1, -0.05) is 18.2 Å². The molecule has 1 aliphatic rings. The Hall–Kier alpha value is -1.88. The van der Waals surface area contributed by atoms with Crippen molar-refractivity contribution in [1.82, 2.24) is 4.98 Å². The molecule has 0 spiro atoms. The molecule has 0 saturated heterocycles. The molecule has 0 fully saturated rings. The van der Waals surface area contributed by atoms with E-state index in [9.17, 15) is 4.79 Å². The van der Waals surface area contributed by atoms with Crippen LogP contribution in [0.25, 0.3) is 0 Å². The Morgan fingerprint density at radius 3 is 3.11 bits per heavy atom. The molecule has 3 rings (SSSR count). The van der Waals surface area contributed by atoms with Crippen molar-refractivity contribution in [3.05, 3.63) is 40.9 Å². The lowest BCUT2D eigenvalue weighted by molar-refractivity contribution is -0.117. The highest BCUT2D eigenvalue weighted by Crippen LogP contribution is 2.32. The highest BCUT2D eigenvalue weighted by molar-refractivity contribution is 7.13. The van der Waals surface area contributed by atoms with Crippen molar-refractivity contribution in [1.29, 1.82) is 0 Å². The molecule has 1 aliphatic heterocycles. The number of aromatic nitrogens is 1. The smallest absolute Gasteiger partial charge is 0.235 e. The number of carbonyl (C=O) groups is 1. The Bertz CT molecular complexity index is 593. The van der Waals surface area contributed by atoms with E-state index in [1.165, 1.54) is 11.3 Å². The highest BCUT2D eigenvalue weighted by atomic mass is 32.1. The van der Waals surface area contributed by atoms with Crippen LogP contribution >= 0.6 is 11.3 Å². The van der Waals surface area contributed by atoms with Gasteiger partial charge in [-0.25, -0.2) is 4.98 Å². The molecule has 92 valence electrons. The Balaban J connectivity index is 1.78. The largest absolute Gasteiger partial charge is 0.384 e. The lowest BCUT2D eigenvalue weighted by Gasteiger charge is -2.08. The molecule has 1 aromatic carbocycles. The number of nitrogens with zero attached hydrogens (tertiary/aromatic N) is 1. The summed E-state index contributed by atoms with van der Waals surface area (Å²) in [6.07, 6.45) is 0. The zero-order valence-corrected chi connectivity index (χ0v) is 10.8. The summed E-state index contributed by atoms with van der Waals surface area (Å²) in [4.78, 5) is 16.4. The molecule has 1 amide bonds. The summed E-state index contributed by atoms with van der Waals surface area (Å²) in [5.41, 5.74) is 3.04. The van der Waals surface area contributed by atoms with Crippen LogP contribution in [0.2, 0.25) is 0 Å². The second-order valence-electron chi connectivity index (χ2n) is 4.30. The van der Waals surface area contributed by atoms with Crippen molar-refractivity contribution in [3.8, 4) is 0 Å². The average molecular weight is 259 g/mol. The fraction of sp³-hybridized carbons (Fsp3) is 0.231. The zero-order valence-electron chi connectivity index (χ0n) is 9.93. The number of aryl methyl sites for hydroxylation is 1. The number of fused-ring (bicyclic) bond motifs is 1. The number of rotatable bonds is 2. The minimum Gasteiger partial charge on any atom is -0.384 e. The van der Waals surface area contributed by atoms with E-state index in [1.54, 1.807) is 0 Å². The maximum absolute atomic E-state index is 12.2. The number of thiazole rings is 1. The van der Waals surface area contributed by atoms with Gasteiger partial charge in [0.15, 0.2) is 5.13 Å². The van der Waals surface area contributed by atoms with E-state index in [2.05, 4.69) is 15.6 Å². The van der Waals surface area contributed by atoms with Gasteiger partial charge in [-0.2, -0.15) is 0 Å². The first-order valence-electron chi connectivity index (χ1n) is 5.80. The van der Waals surface area contributed by atoms with Gasteiger partial charge in [-0.05, 0) is 18.6 Å². The fourth-order valence-corrected chi connectivity index (χ4v) is 2.81. The summed E-state index contributed by atoms with van der Waals surface area (Å²) in [5, 5.41) is 8.71. The van der Waals surface area contributed by atoms with Crippen LogP contribution in [0, 0.1) is 6.92 Å². The fourth-order valence-electron chi connectivity index (χ4n) is 2.12. The van der Waals surface area contributed by atoms with Crippen molar-refractivity contribution >= 4 is 28.1 Å². The van der Waals surface area contributed by atoms with Crippen molar-refractivity contribution in [2.75, 3.05) is 17.2 Å². The van der Waals surface area contributed by atoms with Crippen LogP contribution in [0.3, 0.4) is 0 Å². The Morgan fingerprint density at radius 1 is 1.50 bits per heavy atom. The minimum absolute atomic E-state index is 0.00167. The Kier molecular flexibility index (Phi) is 2.76. The van der Waals surface area contributed by atoms with Crippen LogP contribution in [0.5, 0.6) is 0 Å². The van der Waals surface area contributed by atoms with Gasteiger partial charge < -0.3 is 10.6 Å². The summed E-state index contributed by atoms with van der Waals surface area (Å²) < 4.78 is 0. The van der Waals surface area contributed by atoms with Gasteiger partial charge in [0.2, 0.25) is 5.91 Å². The van der Waals surface area contributed by atoms with Gasteiger partial charge in [0.05, 0.1) is 11.6 Å². The molecule has 18 heavy (non-hydrogen) atoms. The maximum atomic E-state index is 12.2. The molecule has 2 aromatic rings. The molecule has 2 heterocycles. The summed E-state index contributed by atoms with van der Waals surface area (Å²) in [7, 11) is 0. The van der Waals surface area contributed by atoms with Crippen molar-refractivity contribution in [3.63, 3.8) is 0 Å². The molecular weight excluding hydrogens is 246 g/mol. The summed E-state index contributed by atoms with van der Waals surface area (Å²) in [6, 6.07) is 7.92. The van der Waals surface area contributed by atoms with Gasteiger partial charge in [0.25, 0.3) is 0 Å². The first kappa shape index (κ1) is 11.2. The monoisotopic (exact) mass is 259 g/mol. The second-order valence-corrected chi connectivity index (χ2v) is 5.16. The number of hydrogen-bond acceptors (Lipinski definition) is 4. The van der Waals surface area contributed by atoms with E-state index in [1.807, 2.05) is 36.6 Å². The third-order valence-electron chi connectivity index (χ3n) is 3.00. The van der Waals surface area contributed by atoms with E-state index in [0.717, 1.165) is 16.9 Å². The van der Waals surface area contributed by atoms with E-state index in [0.29, 0.717) is 11.7 Å². The molecule has 0 saturated carbocycles. The summed E-state index contributed by atoms with van der Waals surface area (Å²) in [6.45, 7) is 2.56. The highest BCUT2D eigenvalue weighted by Gasteiger charge is 2.28. The van der Waals surface area contributed by atoms with Crippen LogP contribution in [0.1, 0.15) is 17.2 Å². The SMILES string of the molecule is Cc1csc(NC(=O)C2CNc3ccccc32)n1. The van der Waals surface area contributed by atoms with Gasteiger partial charge >= 0.3 is 0 Å². The zero-order chi connectivity index (χ0) is 12.5. The molecule has 1 unspecified atom stereocenters. The molecular formula is C13H13N3OS. The molecule has 0 radical (unpaired) electrons. The topological polar surface area (TPSA) is 54.0 Å². The molecule has 1 aromatic heterocycles. The van der Waals surface area contributed by atoms with Gasteiger partial charge in [0, 0.05) is 17.6 Å². The third kappa shape index (κ3) is 1.97. The van der Waals surface area contributed by atoms with Crippen LogP contribution in [0.4, 0.5) is 10.8 Å². The Morgan fingerprint density at radius 2 is 2.33 bits per heavy atom. The quantitative estimate of drug-likeness (QED) is 0.871. The first-order valence-corrected chi connectivity index (χ1v) is 6.68. The number of hydrogen-bond donors (Lipinski definition) is 2. The third-order valence-corrected chi connectivity index (χ3v) is 3.87. The van der Waals surface area contributed by atoms with E-state index >= 15 is 0 Å². The van der Waals surface area contributed by atoms with Gasteiger partial charge in [-0.15, -0.1) is 11.3 Å². The molecule has 4 nitrogen and oxygen atoms in total. The molecule has 0 bridgehead atoms. The normalized spacial score (nSPS) is 17.1. The maximum Gasteiger partial charge on any atom is 0.235 e. The molecule has 0 aliphatic carbocycles. The summed E-state index contributed by atoms with van der Waals surface area (Å²) >= 11 is 1.45. The van der Waals surface area contributed by atoms with Crippen LogP contribution < -0.4 is 10.6 Å². The lowest BCUT2D eigenvalue weighted by atomic mass is 10.0. The number of anilines is 2. The van der Waals surface area contributed by atoms with Crippen LogP contribution in [-0.2, 0) is 4.79 Å². The Labute approximate surface area is 109 Å². The predicted molar refractivity (Wildman–Crippen MR) is 73.2 cm³/mol. The van der Waals surface area contributed by atoms with Crippen LogP contribution in [0.15, 0.2) is 29.6 Å². The van der Waals surface area contributed by atoms with E-state index in [-0.39, 0.29) is 11.8 Å². The minimum atomic E-state index is -0.134. The first-order chi connectivity index (χ1) is 8.74. The van der Waals surface area contributed by atoms with E-state index < -0.39 is 0 Å². The van der Waals surface area contributed by atoms with E-state index in [4.69, 9.17) is 0 Å². The molecule has 5 heteroatoms. The number of amides is 1. The molecule has 1 atom stereocenters.